The molecule has 0 bridgehead atoms. The Morgan fingerprint density at radius 1 is 1.30 bits per heavy atom. The third kappa shape index (κ3) is 6.05. The summed E-state index contributed by atoms with van der Waals surface area (Å²) in [5.41, 5.74) is 4.21. The number of nitrogens with two attached hydrogens (primary N) is 1. The van der Waals surface area contributed by atoms with Crippen LogP contribution in [0.1, 0.15) is 32.4 Å². The van der Waals surface area contributed by atoms with Gasteiger partial charge in [-0.1, -0.05) is 0 Å². The topological polar surface area (TPSA) is 73.1 Å². The maximum absolute atomic E-state index is 12.5. The molecular formula is C12H19F3N4O. The molecule has 3 N–H and O–H groups in total. The van der Waals surface area contributed by atoms with Crippen LogP contribution in [-0.2, 0) is 10.9 Å². The van der Waals surface area contributed by atoms with Crippen LogP contribution in [0.2, 0.25) is 0 Å². The molecule has 0 aromatic carbocycles. The lowest BCUT2D eigenvalue weighted by Gasteiger charge is -2.10. The Balaban J connectivity index is 2.42. The van der Waals surface area contributed by atoms with Crippen LogP contribution in [0.5, 0.6) is 0 Å². The molecule has 0 unspecified atom stereocenters. The van der Waals surface area contributed by atoms with Crippen molar-refractivity contribution in [3.8, 4) is 0 Å². The standard InChI is InChI=1S/C12H19F3N4O/c1-8(2)20-6-4-3-5-17-10-7-9(12(13,14)15)18-11(16)19-10/h7-8H,3-6H2,1-2H3,(H3,16,17,18,19). The van der Waals surface area contributed by atoms with E-state index >= 15 is 0 Å². The first-order valence-electron chi connectivity index (χ1n) is 6.36. The Morgan fingerprint density at radius 2 is 2.00 bits per heavy atom. The fourth-order valence-electron chi connectivity index (χ4n) is 1.46. The van der Waals surface area contributed by atoms with E-state index < -0.39 is 17.8 Å². The second kappa shape index (κ2) is 7.28. The van der Waals surface area contributed by atoms with Gasteiger partial charge in [0.2, 0.25) is 5.95 Å². The van der Waals surface area contributed by atoms with Crippen molar-refractivity contribution in [2.75, 3.05) is 24.2 Å². The molecule has 0 spiro atoms. The van der Waals surface area contributed by atoms with Crippen molar-refractivity contribution in [1.29, 1.82) is 0 Å². The molecule has 1 aromatic heterocycles. The number of hydrogen-bond donors (Lipinski definition) is 2. The van der Waals surface area contributed by atoms with E-state index in [1.54, 1.807) is 0 Å². The highest BCUT2D eigenvalue weighted by molar-refractivity contribution is 5.41. The average molecular weight is 292 g/mol. The molecule has 0 saturated heterocycles. The molecule has 1 heterocycles. The Hall–Kier alpha value is -1.57. The molecule has 0 radical (unpaired) electrons. The molecule has 1 rings (SSSR count). The van der Waals surface area contributed by atoms with Crippen LogP contribution >= 0.6 is 0 Å². The van der Waals surface area contributed by atoms with Crippen molar-refractivity contribution in [2.45, 2.75) is 39.0 Å². The maximum Gasteiger partial charge on any atom is 0.433 e. The maximum atomic E-state index is 12.5. The van der Waals surface area contributed by atoms with E-state index in [4.69, 9.17) is 10.5 Å². The van der Waals surface area contributed by atoms with Crippen molar-refractivity contribution in [3.05, 3.63) is 11.8 Å². The summed E-state index contributed by atoms with van der Waals surface area (Å²) in [4.78, 5) is 6.88. The fraction of sp³-hybridized carbons (Fsp3) is 0.667. The first-order chi connectivity index (χ1) is 9.29. The summed E-state index contributed by atoms with van der Waals surface area (Å²) in [6.07, 6.45) is -2.77. The minimum Gasteiger partial charge on any atom is -0.379 e. The lowest BCUT2D eigenvalue weighted by Crippen LogP contribution is -2.13. The number of nitrogen functional groups attached to an aromatic ring is 1. The van der Waals surface area contributed by atoms with Gasteiger partial charge in [0.1, 0.15) is 5.82 Å². The van der Waals surface area contributed by atoms with Crippen LogP contribution < -0.4 is 11.1 Å². The molecule has 0 saturated carbocycles. The van der Waals surface area contributed by atoms with Gasteiger partial charge in [-0.05, 0) is 26.7 Å². The Labute approximate surface area is 115 Å². The van der Waals surface area contributed by atoms with Crippen molar-refractivity contribution < 1.29 is 17.9 Å². The van der Waals surface area contributed by atoms with Crippen molar-refractivity contribution in [3.63, 3.8) is 0 Å². The van der Waals surface area contributed by atoms with E-state index in [9.17, 15) is 13.2 Å². The van der Waals surface area contributed by atoms with Crippen LogP contribution in [0.15, 0.2) is 6.07 Å². The van der Waals surface area contributed by atoms with Crippen molar-refractivity contribution in [2.24, 2.45) is 0 Å². The summed E-state index contributed by atoms with van der Waals surface area (Å²) >= 11 is 0. The van der Waals surface area contributed by atoms with E-state index in [1.807, 2.05) is 13.8 Å². The smallest absolute Gasteiger partial charge is 0.379 e. The number of ether oxygens (including phenoxy) is 1. The monoisotopic (exact) mass is 292 g/mol. The Kier molecular flexibility index (Phi) is 6.00. The first-order valence-corrected chi connectivity index (χ1v) is 6.36. The second-order valence-corrected chi connectivity index (χ2v) is 4.55. The lowest BCUT2D eigenvalue weighted by molar-refractivity contribution is -0.141. The number of rotatable bonds is 7. The highest BCUT2D eigenvalue weighted by Crippen LogP contribution is 2.29. The quantitative estimate of drug-likeness (QED) is 0.756. The fourth-order valence-corrected chi connectivity index (χ4v) is 1.46. The SMILES string of the molecule is CC(C)OCCCCNc1cc(C(F)(F)F)nc(N)n1. The molecular weight excluding hydrogens is 273 g/mol. The van der Waals surface area contributed by atoms with Crippen LogP contribution in [-0.4, -0.2) is 29.2 Å². The van der Waals surface area contributed by atoms with Crippen LogP contribution in [0.4, 0.5) is 24.9 Å². The number of nitrogens with one attached hydrogen (secondary N) is 1. The molecule has 0 amide bonds. The van der Waals surface area contributed by atoms with Gasteiger partial charge in [-0.3, -0.25) is 0 Å². The van der Waals surface area contributed by atoms with Crippen molar-refractivity contribution in [1.82, 2.24) is 9.97 Å². The number of halogens is 3. The third-order valence-corrected chi connectivity index (χ3v) is 2.36. The van der Waals surface area contributed by atoms with E-state index in [2.05, 4.69) is 15.3 Å². The number of nitrogens with zero attached hydrogens (tertiary/aromatic N) is 2. The van der Waals surface area contributed by atoms with E-state index in [0.29, 0.717) is 13.2 Å². The normalized spacial score (nSPS) is 11.9. The number of hydrogen-bond acceptors (Lipinski definition) is 5. The Bertz CT molecular complexity index is 424. The number of aromatic nitrogens is 2. The minimum atomic E-state index is -4.53. The molecule has 0 fully saturated rings. The van der Waals surface area contributed by atoms with Gasteiger partial charge >= 0.3 is 6.18 Å². The average Bonchev–Trinajstić information content (AvgIpc) is 2.31. The second-order valence-electron chi connectivity index (χ2n) is 4.55. The number of alkyl halides is 3. The van der Waals surface area contributed by atoms with Crippen LogP contribution in [0.25, 0.3) is 0 Å². The summed E-state index contributed by atoms with van der Waals surface area (Å²) in [5, 5.41) is 2.80. The lowest BCUT2D eigenvalue weighted by atomic mass is 10.3. The predicted molar refractivity (Wildman–Crippen MR) is 70.3 cm³/mol. The highest BCUT2D eigenvalue weighted by Gasteiger charge is 2.33. The van der Waals surface area contributed by atoms with E-state index in [-0.39, 0.29) is 11.9 Å². The molecule has 0 atom stereocenters. The summed E-state index contributed by atoms with van der Waals surface area (Å²) in [6.45, 7) is 5.01. The first kappa shape index (κ1) is 16.5. The van der Waals surface area contributed by atoms with Gasteiger partial charge in [0.05, 0.1) is 6.10 Å². The molecule has 0 aliphatic carbocycles. The summed E-state index contributed by atoms with van der Waals surface area (Å²) in [5.74, 6) is -0.319. The summed E-state index contributed by atoms with van der Waals surface area (Å²) in [7, 11) is 0. The van der Waals surface area contributed by atoms with Gasteiger partial charge in [0, 0.05) is 19.2 Å². The Morgan fingerprint density at radius 3 is 2.60 bits per heavy atom. The van der Waals surface area contributed by atoms with E-state index in [0.717, 1.165) is 18.9 Å². The molecule has 8 heteroatoms. The van der Waals surface area contributed by atoms with Gasteiger partial charge in [-0.2, -0.15) is 18.2 Å². The zero-order chi connectivity index (χ0) is 15.2. The van der Waals surface area contributed by atoms with Gasteiger partial charge in [-0.25, -0.2) is 4.98 Å². The third-order valence-electron chi connectivity index (χ3n) is 2.36. The number of anilines is 2. The van der Waals surface area contributed by atoms with Gasteiger partial charge < -0.3 is 15.8 Å². The summed E-state index contributed by atoms with van der Waals surface area (Å²) in [6, 6.07) is 0.848. The zero-order valence-electron chi connectivity index (χ0n) is 11.5. The number of unbranched alkanes of at least 4 members (excludes halogenated alkanes) is 1. The van der Waals surface area contributed by atoms with Crippen molar-refractivity contribution >= 4 is 11.8 Å². The molecule has 20 heavy (non-hydrogen) atoms. The molecule has 5 nitrogen and oxygen atoms in total. The summed E-state index contributed by atoms with van der Waals surface area (Å²) < 4.78 is 42.9. The van der Waals surface area contributed by atoms with Gasteiger partial charge in [0.25, 0.3) is 0 Å². The minimum absolute atomic E-state index is 0.0783. The van der Waals surface area contributed by atoms with Gasteiger partial charge in [-0.15, -0.1) is 0 Å². The zero-order valence-corrected chi connectivity index (χ0v) is 11.5. The predicted octanol–water partition coefficient (Wildman–Crippen LogP) is 2.69. The highest BCUT2D eigenvalue weighted by atomic mass is 19.4. The molecule has 114 valence electrons. The molecule has 0 aliphatic heterocycles. The van der Waals surface area contributed by atoms with E-state index in [1.165, 1.54) is 0 Å². The molecule has 0 aliphatic rings. The van der Waals surface area contributed by atoms with Crippen LogP contribution in [0, 0.1) is 0 Å². The molecule has 1 aromatic rings. The van der Waals surface area contributed by atoms with Crippen LogP contribution in [0.3, 0.4) is 0 Å². The van der Waals surface area contributed by atoms with Gasteiger partial charge in [0.15, 0.2) is 5.69 Å². The largest absolute Gasteiger partial charge is 0.433 e.